The highest BCUT2D eigenvalue weighted by molar-refractivity contribution is 7.15. The monoisotopic (exact) mass is 583 g/mol. The van der Waals surface area contributed by atoms with E-state index in [9.17, 15) is 41.3 Å². The quantitative estimate of drug-likeness (QED) is 0.266. The first-order chi connectivity index (χ1) is 18.3. The number of nitrogens with zero attached hydrogens (tertiary/aromatic N) is 5. The number of halogens is 6. The molecule has 1 saturated carbocycles. The van der Waals surface area contributed by atoms with E-state index in [0.29, 0.717) is 69.3 Å². The lowest BCUT2D eigenvalue weighted by Gasteiger charge is -2.35. The second kappa shape index (κ2) is 11.5. The number of piperazine rings is 1. The van der Waals surface area contributed by atoms with Crippen LogP contribution in [0.15, 0.2) is 18.2 Å². The SMILES string of the molecule is O=C(COC1CCC(Oc2ccc([N+](=O)[O-])c(C(F)(F)F)c2)CC1)N1CCN(c2nnc(C(F)(F)F)s2)CC1. The molecule has 0 N–H and O–H groups in total. The van der Waals surface area contributed by atoms with Crippen LogP contribution >= 0.6 is 11.3 Å². The normalized spacial score (nSPS) is 20.7. The van der Waals surface area contributed by atoms with E-state index >= 15 is 0 Å². The topological polar surface area (TPSA) is 111 Å². The fraction of sp³-hybridized carbons (Fsp3) is 0.591. The third-order valence-corrected chi connectivity index (χ3v) is 7.43. The van der Waals surface area contributed by atoms with Gasteiger partial charge in [-0.15, -0.1) is 10.2 Å². The molecule has 1 amide bonds. The first kappa shape index (κ1) is 28.8. The Balaban J connectivity index is 1.19. The molecule has 214 valence electrons. The summed E-state index contributed by atoms with van der Waals surface area (Å²) in [6, 6.07) is 2.53. The van der Waals surface area contributed by atoms with E-state index in [4.69, 9.17) is 9.47 Å². The van der Waals surface area contributed by atoms with Gasteiger partial charge in [-0.3, -0.25) is 14.9 Å². The van der Waals surface area contributed by atoms with Gasteiger partial charge in [0.05, 0.1) is 17.1 Å². The Morgan fingerprint density at radius 3 is 2.21 bits per heavy atom. The van der Waals surface area contributed by atoms with Crippen LogP contribution in [0.2, 0.25) is 0 Å². The third kappa shape index (κ3) is 7.26. The summed E-state index contributed by atoms with van der Waals surface area (Å²) in [5.74, 6) is -0.374. The van der Waals surface area contributed by atoms with E-state index < -0.39 is 39.6 Å². The minimum absolute atomic E-state index is 0.116. The number of nitro groups is 1. The van der Waals surface area contributed by atoms with E-state index in [2.05, 4.69) is 10.2 Å². The van der Waals surface area contributed by atoms with Gasteiger partial charge in [0.25, 0.3) is 5.69 Å². The molecule has 0 bridgehead atoms. The van der Waals surface area contributed by atoms with Gasteiger partial charge in [0.15, 0.2) is 0 Å². The predicted octanol–water partition coefficient (Wildman–Crippen LogP) is 4.54. The van der Waals surface area contributed by atoms with Crippen molar-refractivity contribution < 1.29 is 45.5 Å². The zero-order valence-electron chi connectivity index (χ0n) is 20.2. The second-order valence-corrected chi connectivity index (χ2v) is 9.97. The highest BCUT2D eigenvalue weighted by atomic mass is 32.1. The van der Waals surface area contributed by atoms with Crippen LogP contribution in [0.4, 0.5) is 37.2 Å². The molecule has 0 spiro atoms. The van der Waals surface area contributed by atoms with Gasteiger partial charge in [-0.25, -0.2) is 0 Å². The number of rotatable bonds is 7. The van der Waals surface area contributed by atoms with Crippen molar-refractivity contribution in [3.63, 3.8) is 0 Å². The molecule has 0 atom stereocenters. The Morgan fingerprint density at radius 2 is 1.64 bits per heavy atom. The molecule has 1 aliphatic carbocycles. The van der Waals surface area contributed by atoms with Crippen molar-refractivity contribution in [1.82, 2.24) is 15.1 Å². The number of anilines is 1. The van der Waals surface area contributed by atoms with Crippen molar-refractivity contribution in [2.24, 2.45) is 0 Å². The Bertz CT molecular complexity index is 1180. The van der Waals surface area contributed by atoms with E-state index in [-0.39, 0.29) is 29.5 Å². The number of amides is 1. The largest absolute Gasteiger partial charge is 0.490 e. The molecule has 1 saturated heterocycles. The molecule has 1 aromatic heterocycles. The van der Waals surface area contributed by atoms with Crippen LogP contribution in [0.25, 0.3) is 0 Å². The summed E-state index contributed by atoms with van der Waals surface area (Å²) in [5, 5.41) is 16.8. The van der Waals surface area contributed by atoms with Crippen molar-refractivity contribution in [1.29, 1.82) is 0 Å². The maximum atomic E-state index is 13.2. The first-order valence-electron chi connectivity index (χ1n) is 11.9. The van der Waals surface area contributed by atoms with Crippen LogP contribution in [-0.4, -0.2) is 70.9 Å². The molecule has 4 rings (SSSR count). The number of aromatic nitrogens is 2. The maximum Gasteiger partial charge on any atom is 0.445 e. The maximum absolute atomic E-state index is 13.2. The number of carbonyl (C=O) groups excluding carboxylic acids is 1. The zero-order chi connectivity index (χ0) is 28.4. The molecule has 2 fully saturated rings. The summed E-state index contributed by atoms with van der Waals surface area (Å²) in [6.07, 6.45) is -8.20. The highest BCUT2D eigenvalue weighted by Gasteiger charge is 2.39. The molecule has 17 heteroatoms. The number of nitro benzene ring substituents is 1. The number of hydrogen-bond donors (Lipinski definition) is 0. The molecule has 2 aromatic rings. The lowest BCUT2D eigenvalue weighted by Crippen LogP contribution is -2.50. The lowest BCUT2D eigenvalue weighted by molar-refractivity contribution is -0.388. The number of ether oxygens (including phenoxy) is 2. The molecule has 0 unspecified atom stereocenters. The molecule has 2 aliphatic rings. The van der Waals surface area contributed by atoms with Gasteiger partial charge in [-0.1, -0.05) is 11.3 Å². The van der Waals surface area contributed by atoms with Crippen LogP contribution in [0.5, 0.6) is 5.75 Å². The van der Waals surface area contributed by atoms with Crippen LogP contribution < -0.4 is 9.64 Å². The first-order valence-corrected chi connectivity index (χ1v) is 12.7. The Kier molecular flexibility index (Phi) is 8.48. The van der Waals surface area contributed by atoms with Crippen molar-refractivity contribution in [2.45, 2.75) is 50.2 Å². The van der Waals surface area contributed by atoms with Gasteiger partial charge in [0.1, 0.15) is 17.9 Å². The van der Waals surface area contributed by atoms with Gasteiger partial charge < -0.3 is 19.3 Å². The summed E-state index contributed by atoms with van der Waals surface area (Å²) in [7, 11) is 0. The van der Waals surface area contributed by atoms with Gasteiger partial charge in [-0.05, 0) is 37.8 Å². The minimum atomic E-state index is -4.90. The van der Waals surface area contributed by atoms with Crippen molar-refractivity contribution in [3.05, 3.63) is 38.9 Å². The Morgan fingerprint density at radius 1 is 1.00 bits per heavy atom. The Labute approximate surface area is 221 Å². The molecule has 39 heavy (non-hydrogen) atoms. The molecule has 0 radical (unpaired) electrons. The van der Waals surface area contributed by atoms with E-state index in [1.54, 1.807) is 9.80 Å². The summed E-state index contributed by atoms with van der Waals surface area (Å²) in [5.41, 5.74) is -2.43. The van der Waals surface area contributed by atoms with Gasteiger partial charge >= 0.3 is 12.4 Å². The summed E-state index contributed by atoms with van der Waals surface area (Å²) < 4.78 is 89.1. The molecular weight excluding hydrogens is 560 g/mol. The van der Waals surface area contributed by atoms with Crippen LogP contribution in [-0.2, 0) is 21.9 Å². The van der Waals surface area contributed by atoms with E-state index in [1.807, 2.05) is 0 Å². The molecule has 1 aromatic carbocycles. The molecule has 1 aliphatic heterocycles. The second-order valence-electron chi connectivity index (χ2n) is 9.02. The van der Waals surface area contributed by atoms with Gasteiger partial charge in [0.2, 0.25) is 16.0 Å². The summed E-state index contributed by atoms with van der Waals surface area (Å²) in [6.45, 7) is 1.01. The minimum Gasteiger partial charge on any atom is -0.490 e. The Hall–Kier alpha value is -3.21. The van der Waals surface area contributed by atoms with Gasteiger partial charge in [-0.2, -0.15) is 26.3 Å². The highest BCUT2D eigenvalue weighted by Crippen LogP contribution is 2.39. The van der Waals surface area contributed by atoms with E-state index in [0.717, 1.165) is 12.1 Å². The molecular formula is C22H23F6N5O5S. The average molecular weight is 584 g/mol. The number of hydrogen-bond acceptors (Lipinski definition) is 9. The zero-order valence-corrected chi connectivity index (χ0v) is 21.0. The van der Waals surface area contributed by atoms with E-state index in [1.165, 1.54) is 0 Å². The van der Waals surface area contributed by atoms with Crippen molar-refractivity contribution in [3.8, 4) is 5.75 Å². The van der Waals surface area contributed by atoms with Crippen LogP contribution in [0.3, 0.4) is 0 Å². The fourth-order valence-corrected chi connectivity index (χ4v) is 5.13. The van der Waals surface area contributed by atoms with Gasteiger partial charge in [0, 0.05) is 32.2 Å². The third-order valence-electron chi connectivity index (χ3n) is 6.40. The summed E-state index contributed by atoms with van der Waals surface area (Å²) in [4.78, 5) is 25.6. The van der Waals surface area contributed by atoms with Crippen molar-refractivity contribution >= 4 is 28.1 Å². The standard InChI is InChI=1S/C22H23F6N5O5S/c23-21(24,25)16-11-15(5-6-17(16)33(35)36)38-14-3-1-13(2-4-14)37-12-18(34)31-7-9-32(10-8-31)20-30-29-19(39-20)22(26,27)28/h5-6,11,13-14H,1-4,7-10,12H2. The predicted molar refractivity (Wildman–Crippen MR) is 124 cm³/mol. The molecule has 10 nitrogen and oxygen atoms in total. The van der Waals surface area contributed by atoms with Crippen LogP contribution in [0, 0.1) is 10.1 Å². The lowest BCUT2D eigenvalue weighted by atomic mass is 9.95. The number of alkyl halides is 6. The number of benzene rings is 1. The fourth-order valence-electron chi connectivity index (χ4n) is 4.37. The summed E-state index contributed by atoms with van der Waals surface area (Å²) >= 11 is 0.452. The number of carbonyl (C=O) groups is 1. The van der Waals surface area contributed by atoms with Crippen LogP contribution in [0.1, 0.15) is 36.3 Å². The average Bonchev–Trinajstić information content (AvgIpc) is 3.39. The van der Waals surface area contributed by atoms with Crippen molar-refractivity contribution in [2.75, 3.05) is 37.7 Å². The smallest absolute Gasteiger partial charge is 0.445 e. The molecule has 2 heterocycles.